The third kappa shape index (κ3) is 17.8. The highest BCUT2D eigenvalue weighted by molar-refractivity contribution is 6.24. The van der Waals surface area contributed by atoms with Gasteiger partial charge in [-0.25, -0.2) is 4.79 Å². The first-order valence-corrected chi connectivity index (χ1v) is 29.2. The summed E-state index contributed by atoms with van der Waals surface area (Å²) in [6, 6.07) is 18.8. The van der Waals surface area contributed by atoms with Crippen LogP contribution in [0.1, 0.15) is 114 Å². The smallest absolute Gasteiger partial charge is 0.329 e. The second-order valence-corrected chi connectivity index (χ2v) is 20.6. The Morgan fingerprint density at radius 1 is 0.644 bits per heavy atom. The minimum Gasteiger partial charge on any atom is -0.493 e. The fraction of sp³-hybridized carbons (Fsp3) is 0.492. The van der Waals surface area contributed by atoms with Crippen molar-refractivity contribution in [2.75, 3.05) is 108 Å². The average molecular weight is 1210 g/mol. The van der Waals surface area contributed by atoms with E-state index in [1.54, 1.807) is 55.5 Å². The molecular weight excluding hydrogens is 1130 g/mol. The van der Waals surface area contributed by atoms with Crippen LogP contribution in [0.15, 0.2) is 72.8 Å². The Hall–Kier alpha value is -8.48. The Kier molecular flexibility index (Phi) is 25.4. The van der Waals surface area contributed by atoms with E-state index in [4.69, 9.17) is 52.1 Å². The third-order valence-electron chi connectivity index (χ3n) is 15.0. The molecule has 3 aliphatic heterocycles. The second-order valence-electron chi connectivity index (χ2n) is 20.6. The molecule has 2 fully saturated rings. The highest BCUT2D eigenvalue weighted by Gasteiger charge is 2.46. The molecule has 7 amide bonds. The molecule has 3 heterocycles. The maximum atomic E-state index is 14.5. The van der Waals surface area contributed by atoms with E-state index in [9.17, 15) is 38.4 Å². The minimum atomic E-state index is -1.12. The molecule has 87 heavy (non-hydrogen) atoms. The van der Waals surface area contributed by atoms with Crippen LogP contribution in [0.5, 0.6) is 40.2 Å². The zero-order valence-corrected chi connectivity index (χ0v) is 50.2. The van der Waals surface area contributed by atoms with Crippen molar-refractivity contribution in [3.63, 3.8) is 0 Å². The van der Waals surface area contributed by atoms with E-state index < -0.39 is 66.2 Å². The highest BCUT2D eigenvalue weighted by atomic mass is 16.6. The van der Waals surface area contributed by atoms with Crippen LogP contribution < -0.4 is 49.1 Å². The number of rotatable bonds is 35. The summed E-state index contributed by atoms with van der Waals surface area (Å²) >= 11 is 0. The number of hydrogen-bond acceptors (Lipinski definition) is 19. The number of carbonyl (C=O) groups is 8. The number of aryl methyl sites for hydroxylation is 1. The van der Waals surface area contributed by atoms with Crippen LogP contribution in [0.2, 0.25) is 0 Å². The summed E-state index contributed by atoms with van der Waals surface area (Å²) in [5, 5.41) is 7.70. The van der Waals surface area contributed by atoms with Crippen LogP contribution in [-0.4, -0.2) is 177 Å². The lowest BCUT2D eigenvalue weighted by molar-refractivity contribution is -0.162. The third-order valence-corrected chi connectivity index (χ3v) is 15.0. The fourth-order valence-corrected chi connectivity index (χ4v) is 10.5. The maximum absolute atomic E-state index is 14.5. The van der Waals surface area contributed by atoms with E-state index in [2.05, 4.69) is 16.0 Å². The number of imide groups is 2. The molecule has 0 aliphatic carbocycles. The molecule has 3 aliphatic rings. The molecule has 0 bridgehead atoms. The summed E-state index contributed by atoms with van der Waals surface area (Å²) in [5.41, 5.74) is 2.34. The van der Waals surface area contributed by atoms with Crippen molar-refractivity contribution in [2.24, 2.45) is 0 Å². The number of esters is 1. The molecular formula is C63H79N5O19. The number of methoxy groups -OCH3 is 5. The van der Waals surface area contributed by atoms with Gasteiger partial charge in [-0.05, 0) is 123 Å². The summed E-state index contributed by atoms with van der Waals surface area (Å²) in [6.45, 7) is 4.48. The van der Waals surface area contributed by atoms with Gasteiger partial charge in [-0.1, -0.05) is 31.2 Å². The lowest BCUT2D eigenvalue weighted by Gasteiger charge is -2.37. The molecule has 0 saturated carbocycles. The van der Waals surface area contributed by atoms with Crippen molar-refractivity contribution in [3.05, 3.63) is 101 Å². The Labute approximate surface area is 506 Å². The lowest BCUT2D eigenvalue weighted by atomic mass is 9.91. The first-order valence-electron chi connectivity index (χ1n) is 29.2. The normalized spacial score (nSPS) is 16.3. The Morgan fingerprint density at radius 3 is 1.89 bits per heavy atom. The minimum absolute atomic E-state index is 0.00476. The maximum Gasteiger partial charge on any atom is 0.329 e. The second kappa shape index (κ2) is 33.4. The number of fused-ring (bicyclic) bond motifs is 1. The number of amides is 7. The molecule has 0 radical (unpaired) electrons. The number of benzene rings is 4. The van der Waals surface area contributed by atoms with Gasteiger partial charge in [0.2, 0.25) is 23.5 Å². The standard InChI is InChI=1S/C63H79N5O19/c1-7-44(42-36-52(79-4)58(81-6)53(37-42)80-5)60(73)67-28-9-8-14-47(67)63(76)87-48(23-16-40-17-24-49(77-2)51(35-40)78-3)41-18-20-43(21-19-41)85-38-55(70)64-26-11-29-82-31-33-84-34-32-83-30-12-27-65-56(71)39-86-50-15-10-13-45-57(50)62(75)68(61(45)74)46-22-25-54(69)66-59(46)72/h10,13,15,17-21,24,35-37,44,46-48H,7-9,11-12,14,16,22-23,25-34,38-39H2,1-6H3,(H,64,70)(H,65,71)(H,66,69,72)/t44-,46?,47-,48+/m1/s1. The zero-order chi connectivity index (χ0) is 62.2. The fourth-order valence-electron chi connectivity index (χ4n) is 10.5. The van der Waals surface area contributed by atoms with Crippen LogP contribution in [0.3, 0.4) is 0 Å². The number of ether oxygens (including phenoxy) is 11. The van der Waals surface area contributed by atoms with Gasteiger partial charge >= 0.3 is 5.97 Å². The number of likely N-dealkylation sites (tertiary alicyclic amines) is 1. The van der Waals surface area contributed by atoms with Crippen LogP contribution in [0, 0.1) is 0 Å². The van der Waals surface area contributed by atoms with E-state index in [0.717, 1.165) is 23.3 Å². The van der Waals surface area contributed by atoms with Crippen molar-refractivity contribution < 1.29 is 90.5 Å². The SMILES string of the molecule is CC[C@@H](C(=O)N1CCCC[C@@H]1C(=O)O[C@@H](CCc1ccc(OC)c(OC)c1)c1ccc(OCC(=O)NCCCOCCOCCOCCCNC(=O)COc2cccc3c2C(=O)N(C2CCC(=O)NC2=O)C3=O)cc1)c1cc(OC)c(OC)c(OC)c1. The molecule has 0 aromatic heterocycles. The van der Waals surface area contributed by atoms with Gasteiger partial charge in [0.15, 0.2) is 36.2 Å². The van der Waals surface area contributed by atoms with Gasteiger partial charge in [0, 0.05) is 39.3 Å². The van der Waals surface area contributed by atoms with Gasteiger partial charge in [0.25, 0.3) is 23.6 Å². The quantitative estimate of drug-likeness (QED) is 0.0294. The first kappa shape index (κ1) is 66.1. The Bertz CT molecular complexity index is 3000. The van der Waals surface area contributed by atoms with Gasteiger partial charge in [0.1, 0.15) is 29.7 Å². The van der Waals surface area contributed by atoms with Crippen molar-refractivity contribution in [2.45, 2.75) is 95.2 Å². The number of carbonyl (C=O) groups excluding carboxylic acids is 8. The summed E-state index contributed by atoms with van der Waals surface area (Å²) in [4.78, 5) is 107. The van der Waals surface area contributed by atoms with Gasteiger partial charge in [-0.15, -0.1) is 0 Å². The summed E-state index contributed by atoms with van der Waals surface area (Å²) in [5.74, 6) is -1.72. The molecule has 7 rings (SSSR count). The molecule has 4 aromatic carbocycles. The van der Waals surface area contributed by atoms with E-state index >= 15 is 0 Å². The van der Waals surface area contributed by atoms with E-state index in [1.165, 1.54) is 39.5 Å². The van der Waals surface area contributed by atoms with Crippen molar-refractivity contribution in [1.29, 1.82) is 0 Å². The number of piperidine rings is 2. The van der Waals surface area contributed by atoms with Crippen LogP contribution in [-0.2, 0) is 54.1 Å². The summed E-state index contributed by atoms with van der Waals surface area (Å²) in [6.07, 6.45) is 3.71. The van der Waals surface area contributed by atoms with Crippen LogP contribution in [0.25, 0.3) is 0 Å². The predicted octanol–water partition coefficient (Wildman–Crippen LogP) is 5.44. The largest absolute Gasteiger partial charge is 0.493 e. The molecule has 24 heteroatoms. The first-order chi connectivity index (χ1) is 42.2. The highest BCUT2D eigenvalue weighted by Crippen LogP contribution is 2.42. The number of nitrogens with one attached hydrogen (secondary N) is 3. The topological polar surface area (TPSA) is 281 Å². The lowest BCUT2D eigenvalue weighted by Crippen LogP contribution is -2.54. The zero-order valence-electron chi connectivity index (χ0n) is 50.2. The Morgan fingerprint density at radius 2 is 1.28 bits per heavy atom. The average Bonchev–Trinajstić information content (AvgIpc) is 1.82. The molecule has 1 unspecified atom stereocenters. The van der Waals surface area contributed by atoms with E-state index in [-0.39, 0.29) is 48.1 Å². The van der Waals surface area contributed by atoms with Crippen molar-refractivity contribution in [3.8, 4) is 40.2 Å². The van der Waals surface area contributed by atoms with Crippen LogP contribution in [0.4, 0.5) is 0 Å². The Balaban J connectivity index is 0.774. The summed E-state index contributed by atoms with van der Waals surface area (Å²) in [7, 11) is 7.71. The monoisotopic (exact) mass is 1210 g/mol. The van der Waals surface area contributed by atoms with E-state index in [1.807, 2.05) is 25.1 Å². The molecule has 3 N–H and O–H groups in total. The van der Waals surface area contributed by atoms with Crippen molar-refractivity contribution >= 4 is 47.3 Å². The predicted molar refractivity (Wildman–Crippen MR) is 313 cm³/mol. The number of hydrogen-bond donors (Lipinski definition) is 3. The molecule has 4 atom stereocenters. The number of nitrogens with zero attached hydrogens (tertiary/aromatic N) is 2. The van der Waals surface area contributed by atoms with Crippen molar-refractivity contribution in [1.82, 2.24) is 25.8 Å². The van der Waals surface area contributed by atoms with Gasteiger partial charge in [0.05, 0.1) is 79.0 Å². The molecule has 2 saturated heterocycles. The summed E-state index contributed by atoms with van der Waals surface area (Å²) < 4.78 is 62.3. The molecule has 4 aromatic rings. The van der Waals surface area contributed by atoms with Gasteiger partial charge < -0.3 is 67.6 Å². The molecule has 24 nitrogen and oxygen atoms in total. The van der Waals surface area contributed by atoms with Crippen LogP contribution >= 0.6 is 0 Å². The van der Waals surface area contributed by atoms with E-state index in [0.29, 0.717) is 143 Å². The molecule has 0 spiro atoms. The molecule has 470 valence electrons. The van der Waals surface area contributed by atoms with Gasteiger partial charge in [-0.2, -0.15) is 0 Å². The van der Waals surface area contributed by atoms with Gasteiger partial charge in [-0.3, -0.25) is 43.8 Å².